The van der Waals surface area contributed by atoms with E-state index in [-0.39, 0.29) is 19.3 Å². The van der Waals surface area contributed by atoms with Crippen molar-refractivity contribution >= 4 is 17.8 Å². The van der Waals surface area contributed by atoms with Gasteiger partial charge in [-0.3, -0.25) is 9.59 Å². The van der Waals surface area contributed by atoms with Crippen LogP contribution in [0, 0.1) is 0 Å². The molecule has 5 N–H and O–H groups in total. The van der Waals surface area contributed by atoms with Crippen LogP contribution in [0.2, 0.25) is 0 Å². The molecule has 0 aliphatic carbocycles. The molecule has 0 aliphatic rings. The number of aliphatic carboxylic acids is 2. The lowest BCUT2D eigenvalue weighted by Gasteiger charge is -2.23. The van der Waals surface area contributed by atoms with E-state index in [0.717, 1.165) is 0 Å². The summed E-state index contributed by atoms with van der Waals surface area (Å²) in [6.45, 7) is 3.29. The van der Waals surface area contributed by atoms with Gasteiger partial charge >= 0.3 is 11.9 Å². The number of nitrogens with one attached hydrogen (secondary N) is 1. The molecule has 98 valence electrons. The Morgan fingerprint density at radius 3 is 2.12 bits per heavy atom. The van der Waals surface area contributed by atoms with Crippen LogP contribution >= 0.6 is 0 Å². The summed E-state index contributed by atoms with van der Waals surface area (Å²) in [5.41, 5.74) is 4.93. The van der Waals surface area contributed by atoms with E-state index in [1.54, 1.807) is 13.8 Å². The summed E-state index contributed by atoms with van der Waals surface area (Å²) in [4.78, 5) is 32.4. The van der Waals surface area contributed by atoms with E-state index >= 15 is 0 Å². The van der Waals surface area contributed by atoms with Crippen LogP contribution in [-0.2, 0) is 14.4 Å². The normalized spacial score (nSPS) is 12.9. The maximum atomic E-state index is 11.3. The number of hydrogen-bond donors (Lipinski definition) is 4. The molecule has 0 fully saturated rings. The summed E-state index contributed by atoms with van der Waals surface area (Å²) in [5, 5.41) is 19.5. The van der Waals surface area contributed by atoms with Crippen molar-refractivity contribution < 1.29 is 24.6 Å². The molecule has 0 rings (SSSR count). The average molecular weight is 246 g/mol. The molecule has 0 heterocycles. The highest BCUT2D eigenvalue weighted by molar-refractivity contribution is 5.85. The van der Waals surface area contributed by atoms with Crippen LogP contribution in [0.5, 0.6) is 0 Å². The molecule has 0 saturated heterocycles. The summed E-state index contributed by atoms with van der Waals surface area (Å²) in [5.74, 6) is -2.90. The van der Waals surface area contributed by atoms with Gasteiger partial charge in [0.1, 0.15) is 6.04 Å². The predicted molar refractivity (Wildman–Crippen MR) is 59.3 cm³/mol. The van der Waals surface area contributed by atoms with Crippen LogP contribution in [0.1, 0.15) is 33.1 Å². The first kappa shape index (κ1) is 15.4. The Hall–Kier alpha value is -1.63. The van der Waals surface area contributed by atoms with Gasteiger partial charge in [0.25, 0.3) is 0 Å². The van der Waals surface area contributed by atoms with Crippen LogP contribution < -0.4 is 11.1 Å². The van der Waals surface area contributed by atoms with Crippen molar-refractivity contribution in [3.05, 3.63) is 0 Å². The molecule has 0 aliphatic heterocycles. The van der Waals surface area contributed by atoms with E-state index in [1.165, 1.54) is 0 Å². The number of carbonyl (C=O) groups excluding carboxylic acids is 1. The molecule has 7 heteroatoms. The van der Waals surface area contributed by atoms with Crippen LogP contribution in [0.3, 0.4) is 0 Å². The second-order valence-electron chi connectivity index (χ2n) is 4.54. The van der Waals surface area contributed by atoms with E-state index in [4.69, 9.17) is 15.9 Å². The third-order valence-corrected chi connectivity index (χ3v) is 1.93. The third-order valence-electron chi connectivity index (χ3n) is 1.93. The largest absolute Gasteiger partial charge is 0.481 e. The van der Waals surface area contributed by atoms with Gasteiger partial charge in [-0.15, -0.1) is 0 Å². The minimum absolute atomic E-state index is 0.0706. The van der Waals surface area contributed by atoms with Crippen LogP contribution in [-0.4, -0.2) is 39.6 Å². The number of amides is 1. The van der Waals surface area contributed by atoms with Crippen molar-refractivity contribution in [2.75, 3.05) is 0 Å². The predicted octanol–water partition coefficient (Wildman–Crippen LogP) is -0.452. The first-order valence-electron chi connectivity index (χ1n) is 5.14. The van der Waals surface area contributed by atoms with E-state index in [9.17, 15) is 14.4 Å². The fourth-order valence-electron chi connectivity index (χ4n) is 1.21. The van der Waals surface area contributed by atoms with Crippen LogP contribution in [0.25, 0.3) is 0 Å². The number of carboxylic acid groups (broad SMARTS) is 2. The lowest BCUT2D eigenvalue weighted by Crippen LogP contribution is -2.48. The minimum atomic E-state index is -1.19. The first-order chi connectivity index (χ1) is 7.61. The topological polar surface area (TPSA) is 130 Å². The van der Waals surface area contributed by atoms with Gasteiger partial charge in [0.05, 0.1) is 6.42 Å². The molecule has 0 saturated carbocycles. The molecular weight excluding hydrogens is 228 g/mol. The van der Waals surface area contributed by atoms with Crippen LogP contribution in [0.4, 0.5) is 0 Å². The molecule has 17 heavy (non-hydrogen) atoms. The van der Waals surface area contributed by atoms with E-state index in [1.807, 2.05) is 0 Å². The molecule has 0 radical (unpaired) electrons. The zero-order valence-electron chi connectivity index (χ0n) is 9.90. The number of rotatable bonds is 7. The van der Waals surface area contributed by atoms with Gasteiger partial charge in [-0.25, -0.2) is 4.79 Å². The maximum Gasteiger partial charge on any atom is 0.326 e. The Morgan fingerprint density at radius 1 is 1.24 bits per heavy atom. The Kier molecular flexibility index (Phi) is 5.60. The highest BCUT2D eigenvalue weighted by Crippen LogP contribution is 2.08. The Balaban J connectivity index is 4.31. The lowest BCUT2D eigenvalue weighted by molar-refractivity contribution is -0.142. The average Bonchev–Trinajstić information content (AvgIpc) is 2.11. The Morgan fingerprint density at radius 2 is 1.76 bits per heavy atom. The van der Waals surface area contributed by atoms with Gasteiger partial charge in [0.2, 0.25) is 5.91 Å². The number of carbonyl (C=O) groups is 3. The molecule has 0 aromatic carbocycles. The maximum absolute atomic E-state index is 11.3. The summed E-state index contributed by atoms with van der Waals surface area (Å²) in [6, 6.07) is -1.10. The van der Waals surface area contributed by atoms with Gasteiger partial charge < -0.3 is 21.3 Å². The highest BCUT2D eigenvalue weighted by atomic mass is 16.4. The van der Waals surface area contributed by atoms with Crippen LogP contribution in [0.15, 0.2) is 0 Å². The van der Waals surface area contributed by atoms with Gasteiger partial charge in [-0.2, -0.15) is 0 Å². The minimum Gasteiger partial charge on any atom is -0.481 e. The number of hydrogen-bond acceptors (Lipinski definition) is 4. The summed E-state index contributed by atoms with van der Waals surface area (Å²) < 4.78 is 0. The zero-order chi connectivity index (χ0) is 13.6. The lowest BCUT2D eigenvalue weighted by atomic mass is 9.96. The third kappa shape index (κ3) is 8.21. The molecule has 7 nitrogen and oxygen atoms in total. The fraction of sp³-hybridized carbons (Fsp3) is 0.700. The number of nitrogens with two attached hydrogens (primary N) is 1. The Labute approximate surface area is 99.0 Å². The first-order valence-corrected chi connectivity index (χ1v) is 5.14. The van der Waals surface area contributed by atoms with E-state index in [0.29, 0.717) is 0 Å². The second-order valence-corrected chi connectivity index (χ2v) is 4.54. The van der Waals surface area contributed by atoms with Gasteiger partial charge in [0, 0.05) is 12.0 Å². The molecular formula is C10H18N2O5. The summed E-state index contributed by atoms with van der Waals surface area (Å²) in [7, 11) is 0. The van der Waals surface area contributed by atoms with Gasteiger partial charge in [0.15, 0.2) is 0 Å². The van der Waals surface area contributed by atoms with Gasteiger partial charge in [-0.05, 0) is 20.3 Å². The SMILES string of the molecule is CC(C)(N)CC(NC(=O)CCC(=O)O)C(=O)O. The van der Waals surface area contributed by atoms with Crippen molar-refractivity contribution in [3.63, 3.8) is 0 Å². The summed E-state index contributed by atoms with van der Waals surface area (Å²) in [6.07, 6.45) is -0.505. The standard InChI is InChI=1S/C10H18N2O5/c1-10(2,11)5-6(9(16)17)12-7(13)3-4-8(14)15/h6H,3-5,11H2,1-2H3,(H,12,13)(H,14,15)(H,16,17). The van der Waals surface area contributed by atoms with Gasteiger partial charge in [-0.1, -0.05) is 0 Å². The molecule has 0 aromatic heterocycles. The van der Waals surface area contributed by atoms with E-state index in [2.05, 4.69) is 5.32 Å². The Bertz CT molecular complexity index is 308. The smallest absolute Gasteiger partial charge is 0.326 e. The van der Waals surface area contributed by atoms with Crippen molar-refractivity contribution in [2.24, 2.45) is 5.73 Å². The monoisotopic (exact) mass is 246 g/mol. The zero-order valence-corrected chi connectivity index (χ0v) is 9.90. The molecule has 0 bridgehead atoms. The molecule has 1 atom stereocenters. The quantitative estimate of drug-likeness (QED) is 0.481. The summed E-state index contributed by atoms with van der Waals surface area (Å²) >= 11 is 0. The molecule has 0 aromatic rings. The second kappa shape index (κ2) is 6.19. The molecule has 0 spiro atoms. The molecule has 1 amide bonds. The number of carboxylic acids is 2. The van der Waals surface area contributed by atoms with E-state index < -0.39 is 29.4 Å². The van der Waals surface area contributed by atoms with Crippen molar-refractivity contribution in [1.82, 2.24) is 5.32 Å². The van der Waals surface area contributed by atoms with Crippen molar-refractivity contribution in [3.8, 4) is 0 Å². The van der Waals surface area contributed by atoms with Crippen molar-refractivity contribution in [2.45, 2.75) is 44.7 Å². The molecule has 1 unspecified atom stereocenters. The fourth-order valence-corrected chi connectivity index (χ4v) is 1.21. The highest BCUT2D eigenvalue weighted by Gasteiger charge is 2.26. The van der Waals surface area contributed by atoms with Crippen molar-refractivity contribution in [1.29, 1.82) is 0 Å².